The van der Waals surface area contributed by atoms with Crippen LogP contribution in [-0.4, -0.2) is 35.1 Å². The zero-order valence-electron chi connectivity index (χ0n) is 10.1. The maximum absolute atomic E-state index is 11.2. The standard InChI is InChI=1S/C12H21NO2/c1-8(2)11(12(14)15)13-6-5-9(3)10(4)7-13/h8,11H,5-7H2,1-4H3,(H,14,15). The zero-order chi connectivity index (χ0) is 11.6. The van der Waals surface area contributed by atoms with Crippen molar-refractivity contribution in [3.63, 3.8) is 0 Å². The molecule has 0 saturated carbocycles. The smallest absolute Gasteiger partial charge is 0.321 e. The van der Waals surface area contributed by atoms with Crippen LogP contribution in [0.3, 0.4) is 0 Å². The molecule has 1 atom stereocenters. The number of carboxylic acid groups (broad SMARTS) is 1. The molecular formula is C12H21NO2. The lowest BCUT2D eigenvalue weighted by molar-refractivity contribution is -0.145. The average Bonchev–Trinajstić information content (AvgIpc) is 2.10. The Balaban J connectivity index is 2.76. The quantitative estimate of drug-likeness (QED) is 0.727. The lowest BCUT2D eigenvalue weighted by Gasteiger charge is -2.35. The fourth-order valence-electron chi connectivity index (χ4n) is 2.14. The van der Waals surface area contributed by atoms with E-state index in [2.05, 4.69) is 18.7 Å². The van der Waals surface area contributed by atoms with Crippen molar-refractivity contribution >= 4 is 5.97 Å². The van der Waals surface area contributed by atoms with Gasteiger partial charge in [-0.15, -0.1) is 0 Å². The van der Waals surface area contributed by atoms with E-state index in [0.717, 1.165) is 19.5 Å². The summed E-state index contributed by atoms with van der Waals surface area (Å²) < 4.78 is 0. The SMILES string of the molecule is CC1=C(C)CN(C(C(=O)O)C(C)C)CC1. The maximum Gasteiger partial charge on any atom is 0.321 e. The number of nitrogens with zero attached hydrogens (tertiary/aromatic N) is 1. The highest BCUT2D eigenvalue weighted by molar-refractivity contribution is 5.73. The molecule has 0 amide bonds. The molecule has 0 aromatic rings. The molecule has 1 aliphatic rings. The topological polar surface area (TPSA) is 40.5 Å². The first kappa shape index (κ1) is 12.2. The molecule has 0 aromatic carbocycles. The van der Waals surface area contributed by atoms with E-state index in [1.807, 2.05) is 13.8 Å². The highest BCUT2D eigenvalue weighted by Gasteiger charge is 2.30. The number of carbonyl (C=O) groups is 1. The molecule has 0 aromatic heterocycles. The van der Waals surface area contributed by atoms with Crippen LogP contribution < -0.4 is 0 Å². The van der Waals surface area contributed by atoms with Crippen LogP contribution >= 0.6 is 0 Å². The minimum Gasteiger partial charge on any atom is -0.480 e. The normalized spacial score (nSPS) is 20.9. The van der Waals surface area contributed by atoms with Crippen LogP contribution in [0.1, 0.15) is 34.1 Å². The van der Waals surface area contributed by atoms with Gasteiger partial charge in [-0.05, 0) is 26.2 Å². The van der Waals surface area contributed by atoms with Crippen molar-refractivity contribution in [3.05, 3.63) is 11.1 Å². The number of carboxylic acids is 1. The van der Waals surface area contributed by atoms with Gasteiger partial charge in [-0.1, -0.05) is 25.0 Å². The summed E-state index contributed by atoms with van der Waals surface area (Å²) in [6.07, 6.45) is 1.00. The van der Waals surface area contributed by atoms with Gasteiger partial charge in [0.05, 0.1) is 0 Å². The number of aliphatic carboxylic acids is 1. The first-order chi connectivity index (χ1) is 6.93. The van der Waals surface area contributed by atoms with Crippen LogP contribution in [0, 0.1) is 5.92 Å². The minimum atomic E-state index is -0.697. The van der Waals surface area contributed by atoms with E-state index in [1.165, 1.54) is 11.1 Å². The monoisotopic (exact) mass is 211 g/mol. The van der Waals surface area contributed by atoms with E-state index >= 15 is 0 Å². The Morgan fingerprint density at radius 3 is 2.33 bits per heavy atom. The van der Waals surface area contributed by atoms with E-state index in [1.54, 1.807) is 0 Å². The zero-order valence-corrected chi connectivity index (χ0v) is 10.1. The second-order valence-corrected chi connectivity index (χ2v) is 4.81. The molecule has 3 nitrogen and oxygen atoms in total. The highest BCUT2D eigenvalue weighted by Crippen LogP contribution is 2.21. The predicted molar refractivity (Wildman–Crippen MR) is 60.8 cm³/mol. The predicted octanol–water partition coefficient (Wildman–Crippen LogP) is 2.14. The van der Waals surface area contributed by atoms with Crippen molar-refractivity contribution in [2.75, 3.05) is 13.1 Å². The Kier molecular flexibility index (Phi) is 3.91. The van der Waals surface area contributed by atoms with Crippen molar-refractivity contribution in [1.29, 1.82) is 0 Å². The summed E-state index contributed by atoms with van der Waals surface area (Å²) in [6, 6.07) is -0.340. The van der Waals surface area contributed by atoms with Gasteiger partial charge >= 0.3 is 5.97 Å². The van der Waals surface area contributed by atoms with Gasteiger partial charge in [0.15, 0.2) is 0 Å². The molecule has 0 radical (unpaired) electrons. The molecule has 86 valence electrons. The van der Waals surface area contributed by atoms with Crippen LogP contribution in [0.4, 0.5) is 0 Å². The maximum atomic E-state index is 11.2. The largest absolute Gasteiger partial charge is 0.480 e. The number of hydrogen-bond donors (Lipinski definition) is 1. The number of rotatable bonds is 3. The number of hydrogen-bond acceptors (Lipinski definition) is 2. The molecule has 0 aliphatic carbocycles. The van der Waals surface area contributed by atoms with Crippen molar-refractivity contribution in [2.45, 2.75) is 40.2 Å². The van der Waals surface area contributed by atoms with Crippen LogP contribution in [0.25, 0.3) is 0 Å². The first-order valence-electron chi connectivity index (χ1n) is 5.55. The first-order valence-corrected chi connectivity index (χ1v) is 5.55. The van der Waals surface area contributed by atoms with E-state index in [9.17, 15) is 9.90 Å². The Labute approximate surface area is 91.8 Å². The van der Waals surface area contributed by atoms with Crippen molar-refractivity contribution in [1.82, 2.24) is 4.90 Å². The van der Waals surface area contributed by atoms with E-state index < -0.39 is 5.97 Å². The fraction of sp³-hybridized carbons (Fsp3) is 0.750. The third-order valence-electron chi connectivity index (χ3n) is 3.22. The summed E-state index contributed by atoms with van der Waals surface area (Å²) in [4.78, 5) is 13.2. The van der Waals surface area contributed by atoms with Gasteiger partial charge in [0.25, 0.3) is 0 Å². The average molecular weight is 211 g/mol. The highest BCUT2D eigenvalue weighted by atomic mass is 16.4. The van der Waals surface area contributed by atoms with Crippen molar-refractivity contribution < 1.29 is 9.90 Å². The molecule has 0 fully saturated rings. The van der Waals surface area contributed by atoms with Gasteiger partial charge in [-0.3, -0.25) is 9.69 Å². The van der Waals surface area contributed by atoms with Gasteiger partial charge in [-0.25, -0.2) is 0 Å². The Hall–Kier alpha value is -0.830. The summed E-state index contributed by atoms with van der Waals surface area (Å²) in [6.45, 7) is 9.86. The molecule has 0 spiro atoms. The van der Waals surface area contributed by atoms with Gasteiger partial charge in [0.1, 0.15) is 6.04 Å². The Morgan fingerprint density at radius 1 is 1.33 bits per heavy atom. The van der Waals surface area contributed by atoms with Crippen molar-refractivity contribution in [2.24, 2.45) is 5.92 Å². The summed E-state index contributed by atoms with van der Waals surface area (Å²) in [5.74, 6) is -0.536. The molecule has 15 heavy (non-hydrogen) atoms. The molecule has 1 rings (SSSR count). The molecule has 0 bridgehead atoms. The van der Waals surface area contributed by atoms with Gasteiger partial charge in [0.2, 0.25) is 0 Å². The second kappa shape index (κ2) is 4.79. The Morgan fingerprint density at radius 2 is 1.93 bits per heavy atom. The van der Waals surface area contributed by atoms with Crippen molar-refractivity contribution in [3.8, 4) is 0 Å². The summed E-state index contributed by atoms with van der Waals surface area (Å²) in [7, 11) is 0. The fourth-order valence-corrected chi connectivity index (χ4v) is 2.14. The molecule has 1 aliphatic heterocycles. The molecule has 1 heterocycles. The lowest BCUT2D eigenvalue weighted by atomic mass is 9.96. The lowest BCUT2D eigenvalue weighted by Crippen LogP contribution is -2.47. The summed E-state index contributed by atoms with van der Waals surface area (Å²) in [5.41, 5.74) is 2.74. The van der Waals surface area contributed by atoms with Crippen LogP contribution in [0.5, 0.6) is 0 Å². The van der Waals surface area contributed by atoms with E-state index in [4.69, 9.17) is 0 Å². The summed E-state index contributed by atoms with van der Waals surface area (Å²) >= 11 is 0. The molecular weight excluding hydrogens is 190 g/mol. The van der Waals surface area contributed by atoms with Gasteiger partial charge in [-0.2, -0.15) is 0 Å². The van der Waals surface area contributed by atoms with E-state index in [0.29, 0.717) is 0 Å². The third-order valence-corrected chi connectivity index (χ3v) is 3.22. The molecule has 0 saturated heterocycles. The van der Waals surface area contributed by atoms with Crippen LogP contribution in [-0.2, 0) is 4.79 Å². The van der Waals surface area contributed by atoms with Gasteiger partial charge in [0, 0.05) is 13.1 Å². The van der Waals surface area contributed by atoms with Crippen LogP contribution in [0.2, 0.25) is 0 Å². The molecule has 1 unspecified atom stereocenters. The molecule has 3 heteroatoms. The minimum absolute atomic E-state index is 0.161. The summed E-state index contributed by atoms with van der Waals surface area (Å²) in [5, 5.41) is 9.19. The van der Waals surface area contributed by atoms with Gasteiger partial charge < -0.3 is 5.11 Å². The third kappa shape index (κ3) is 2.81. The second-order valence-electron chi connectivity index (χ2n) is 4.81. The van der Waals surface area contributed by atoms with E-state index in [-0.39, 0.29) is 12.0 Å². The molecule has 1 N–H and O–H groups in total. The Bertz CT molecular complexity index is 281. The van der Waals surface area contributed by atoms with Crippen LogP contribution in [0.15, 0.2) is 11.1 Å².